The molecule has 3 amide bonds. The van der Waals surface area contributed by atoms with Gasteiger partial charge in [0, 0.05) is 73.9 Å². The summed E-state index contributed by atoms with van der Waals surface area (Å²) < 4.78 is 78.0. The number of rotatable bonds is 13. The lowest BCUT2D eigenvalue weighted by Crippen LogP contribution is -2.45. The molecule has 0 aromatic carbocycles. The van der Waals surface area contributed by atoms with Crippen molar-refractivity contribution in [2.24, 2.45) is 19.8 Å². The Bertz CT molecular complexity index is 3570. The highest BCUT2D eigenvalue weighted by molar-refractivity contribution is 7.16. The largest absolute Gasteiger partial charge is 0.480 e. The van der Waals surface area contributed by atoms with Gasteiger partial charge in [0.15, 0.2) is 0 Å². The van der Waals surface area contributed by atoms with Crippen LogP contribution < -0.4 is 21.7 Å². The number of nitrogens with two attached hydrogens (primary N) is 1. The fourth-order valence-electron chi connectivity index (χ4n) is 8.21. The van der Waals surface area contributed by atoms with Crippen LogP contribution >= 0.6 is 22.7 Å². The first kappa shape index (κ1) is 59.0. The molecule has 2 aliphatic heterocycles. The first-order valence-electron chi connectivity index (χ1n) is 23.6. The summed E-state index contributed by atoms with van der Waals surface area (Å²) in [6.45, 7) is 6.80. The Morgan fingerprint density at radius 3 is 1.45 bits per heavy atom. The van der Waals surface area contributed by atoms with Crippen LogP contribution in [0.1, 0.15) is 88.1 Å². The molecular formula is C51H52F6N16O5S2. The third-order valence-corrected chi connectivity index (χ3v) is 15.3. The number of halogens is 6. The van der Waals surface area contributed by atoms with Gasteiger partial charge in [-0.25, -0.2) is 19.9 Å². The van der Waals surface area contributed by atoms with Crippen molar-refractivity contribution in [3.05, 3.63) is 141 Å². The standard InChI is InChI=1S/C25H23F3N8O2S.C18H18N6O3S.C7H7F3N2.CH4/c1-24(2)21-15(11-17(39-21)16-5-8-30-23(33-16)34-19-6-9-32-35(19)3)22(38)36(24)13-20(37)31-12-14-4-7-29-18(10-14)25(26,27)28;1-18(2)15-10(16(27)24(18)9-14(25)26)8-12(28-15)11-4-6-19-17(21-11)22-13-5-7-20-23(13)3;8-7(9,10)6-3-5(4-11)1-2-12-6;/h4-11H,12-13H2,1-3H3,(H,31,37)(H,30,33,34);4-8H,9H2,1-3H3,(H,25,26)(H,19,21,22);1-3H,4,11H2;1H4. The van der Waals surface area contributed by atoms with Crippen LogP contribution in [0.2, 0.25) is 0 Å². The quantitative estimate of drug-likeness (QED) is 0.0675. The molecule has 6 N–H and O–H groups in total. The highest BCUT2D eigenvalue weighted by Crippen LogP contribution is 2.47. The fourth-order valence-corrected chi connectivity index (χ4v) is 10.7. The number of alkyl halides is 6. The third-order valence-electron chi connectivity index (χ3n) is 12.4. The van der Waals surface area contributed by atoms with Crippen molar-refractivity contribution in [2.45, 2.75) is 71.6 Å². The van der Waals surface area contributed by atoms with Gasteiger partial charge in [-0.1, -0.05) is 7.43 Å². The molecule has 0 fully saturated rings. The summed E-state index contributed by atoms with van der Waals surface area (Å²) >= 11 is 2.85. The number of aryl methyl sites for hydroxylation is 2. The molecule has 0 aliphatic carbocycles. The summed E-state index contributed by atoms with van der Waals surface area (Å²) in [6.07, 6.45) is -0.221. The van der Waals surface area contributed by atoms with Crippen LogP contribution in [-0.4, -0.2) is 101 Å². The molecule has 0 spiro atoms. The van der Waals surface area contributed by atoms with Crippen LogP contribution in [0.25, 0.3) is 21.1 Å². The first-order valence-corrected chi connectivity index (χ1v) is 25.2. The van der Waals surface area contributed by atoms with Crippen molar-refractivity contribution in [1.29, 1.82) is 0 Å². The van der Waals surface area contributed by atoms with Gasteiger partial charge in [0.25, 0.3) is 11.8 Å². The van der Waals surface area contributed by atoms with E-state index in [4.69, 9.17) is 10.8 Å². The van der Waals surface area contributed by atoms with E-state index < -0.39 is 46.7 Å². The van der Waals surface area contributed by atoms with Gasteiger partial charge in [-0.15, -0.1) is 22.7 Å². The van der Waals surface area contributed by atoms with Crippen molar-refractivity contribution in [3.8, 4) is 21.1 Å². The number of pyridine rings is 2. The number of thiophene rings is 2. The van der Waals surface area contributed by atoms with Gasteiger partial charge in [-0.2, -0.15) is 36.5 Å². The molecular weight excluding hydrogens is 1090 g/mol. The summed E-state index contributed by atoms with van der Waals surface area (Å²) in [7, 11) is 3.60. The number of hydrogen-bond acceptors (Lipinski definition) is 17. The zero-order chi connectivity index (χ0) is 57.2. The number of amides is 3. The summed E-state index contributed by atoms with van der Waals surface area (Å²) in [5.74, 6) is 0.183. The van der Waals surface area contributed by atoms with Crippen LogP contribution in [-0.2, 0) is 60.2 Å². The average molecular weight is 1150 g/mol. The van der Waals surface area contributed by atoms with Crippen molar-refractivity contribution in [1.82, 2.24) is 64.6 Å². The first-order chi connectivity index (χ1) is 37.2. The molecule has 2 aliphatic rings. The van der Waals surface area contributed by atoms with Crippen LogP contribution in [0.15, 0.2) is 97.8 Å². The van der Waals surface area contributed by atoms with E-state index in [1.807, 2.05) is 40.8 Å². The molecule has 0 atom stereocenters. The van der Waals surface area contributed by atoms with Crippen LogP contribution in [0.3, 0.4) is 0 Å². The van der Waals surface area contributed by atoms with E-state index in [9.17, 15) is 45.5 Å². The number of aromatic nitrogens is 10. The highest BCUT2D eigenvalue weighted by Gasteiger charge is 2.47. The molecule has 0 bridgehead atoms. The van der Waals surface area contributed by atoms with Gasteiger partial charge in [-0.3, -0.25) is 38.5 Å². The molecule has 10 rings (SSSR count). The molecule has 8 aromatic rings. The molecule has 10 heterocycles. The van der Waals surface area contributed by atoms with Crippen molar-refractivity contribution >= 4 is 69.9 Å². The lowest BCUT2D eigenvalue weighted by Gasteiger charge is -2.31. The second-order valence-electron chi connectivity index (χ2n) is 18.5. The number of carbonyl (C=O) groups excluding carboxylic acids is 3. The monoisotopic (exact) mass is 1150 g/mol. The van der Waals surface area contributed by atoms with E-state index >= 15 is 0 Å². The van der Waals surface area contributed by atoms with Crippen LogP contribution in [0.5, 0.6) is 0 Å². The van der Waals surface area contributed by atoms with Gasteiger partial charge in [0.05, 0.1) is 55.7 Å². The zero-order valence-corrected chi connectivity index (χ0v) is 44.3. The van der Waals surface area contributed by atoms with Gasteiger partial charge >= 0.3 is 18.3 Å². The van der Waals surface area contributed by atoms with Crippen LogP contribution in [0, 0.1) is 0 Å². The SMILES string of the molecule is C.Cn1nccc1Nc1nccc(-c2cc3c(s2)C(C)(C)N(CC(=O)NCc2ccnc(C(F)(F)F)c2)C3=O)n1.Cn1nccc1Nc1nccc(-c2cc3c(s2)C(C)(C)N(CC(=O)O)C3=O)n1.NCc1ccnc(C(F)(F)F)c1. The minimum absolute atomic E-state index is 0. The van der Waals surface area contributed by atoms with Crippen LogP contribution in [0.4, 0.5) is 49.9 Å². The molecule has 0 saturated heterocycles. The van der Waals surface area contributed by atoms with E-state index in [0.717, 1.165) is 55.7 Å². The number of anilines is 4. The van der Waals surface area contributed by atoms with Crippen molar-refractivity contribution < 1.29 is 50.6 Å². The number of nitrogens with zero attached hydrogens (tertiary/aromatic N) is 12. The second kappa shape index (κ2) is 23.3. The minimum Gasteiger partial charge on any atom is -0.480 e. The van der Waals surface area contributed by atoms with Crippen molar-refractivity contribution in [3.63, 3.8) is 0 Å². The van der Waals surface area contributed by atoms with E-state index in [-0.39, 0.29) is 51.0 Å². The Labute approximate surface area is 461 Å². The molecule has 29 heteroatoms. The topological polar surface area (TPSA) is 270 Å². The van der Waals surface area contributed by atoms with Crippen molar-refractivity contribution in [2.75, 3.05) is 23.7 Å². The smallest absolute Gasteiger partial charge is 0.433 e. The molecule has 0 radical (unpaired) electrons. The molecule has 0 unspecified atom stereocenters. The highest BCUT2D eigenvalue weighted by atomic mass is 32.1. The maximum Gasteiger partial charge on any atom is 0.433 e. The lowest BCUT2D eigenvalue weighted by atomic mass is 10.0. The Hall–Kier alpha value is -8.70. The van der Waals surface area contributed by atoms with E-state index in [1.165, 1.54) is 44.6 Å². The maximum absolute atomic E-state index is 13.3. The third kappa shape index (κ3) is 12.9. The number of carboxylic acid groups (broad SMARTS) is 1. The number of carboxylic acids is 1. The number of fused-ring (bicyclic) bond motifs is 2. The molecule has 21 nitrogen and oxygen atoms in total. The fraction of sp³-hybridized carbons (Fsp3) is 0.294. The van der Waals surface area contributed by atoms with Gasteiger partial charge < -0.3 is 36.6 Å². The number of hydrogen-bond donors (Lipinski definition) is 5. The predicted molar refractivity (Wildman–Crippen MR) is 284 cm³/mol. The van der Waals surface area contributed by atoms with E-state index in [0.29, 0.717) is 40.0 Å². The molecule has 80 heavy (non-hydrogen) atoms. The Morgan fingerprint density at radius 1 is 0.625 bits per heavy atom. The predicted octanol–water partition coefficient (Wildman–Crippen LogP) is 8.76. The maximum atomic E-state index is 13.3. The van der Waals surface area contributed by atoms with Gasteiger partial charge in [-0.05, 0) is 87.4 Å². The number of carbonyl (C=O) groups is 4. The minimum atomic E-state index is -4.58. The Morgan fingerprint density at radius 2 is 1.05 bits per heavy atom. The lowest BCUT2D eigenvalue weighted by molar-refractivity contribution is -0.142. The molecule has 420 valence electrons. The Kier molecular flexibility index (Phi) is 17.2. The average Bonchev–Trinajstić information content (AvgIpc) is 4.29. The normalized spacial score (nSPS) is 14.0. The van der Waals surface area contributed by atoms with E-state index in [2.05, 4.69) is 56.1 Å². The second-order valence-corrected chi connectivity index (χ2v) is 20.6. The molecule has 0 saturated carbocycles. The molecule has 8 aromatic heterocycles. The van der Waals surface area contributed by atoms with Gasteiger partial charge in [0.2, 0.25) is 17.8 Å². The number of aliphatic carboxylic acids is 1. The summed E-state index contributed by atoms with van der Waals surface area (Å²) in [5, 5.41) is 26.1. The zero-order valence-electron chi connectivity index (χ0n) is 42.7. The Balaban J connectivity index is 0.000000196. The number of nitrogens with one attached hydrogen (secondary N) is 3. The van der Waals surface area contributed by atoms with E-state index in [1.54, 1.807) is 71.5 Å². The van der Waals surface area contributed by atoms with Gasteiger partial charge in [0.1, 0.15) is 36.1 Å². The summed E-state index contributed by atoms with van der Waals surface area (Å²) in [4.78, 5) is 80.0. The summed E-state index contributed by atoms with van der Waals surface area (Å²) in [6, 6.07) is 15.3. The summed E-state index contributed by atoms with van der Waals surface area (Å²) in [5.41, 5.74) is 4.79.